The van der Waals surface area contributed by atoms with Gasteiger partial charge in [0.25, 0.3) is 5.91 Å². The normalized spacial score (nSPS) is 11.8. The molecule has 8 nitrogen and oxygen atoms in total. The van der Waals surface area contributed by atoms with Crippen molar-refractivity contribution < 1.29 is 19.5 Å². The molecule has 0 saturated carbocycles. The van der Waals surface area contributed by atoms with Crippen molar-refractivity contribution >= 4 is 28.8 Å². The molecule has 2 amide bonds. The maximum atomic E-state index is 12.1. The van der Waals surface area contributed by atoms with Crippen LogP contribution < -0.4 is 11.1 Å². The molecule has 0 saturated heterocycles. The number of carboxylic acids is 1. The third-order valence-corrected chi connectivity index (χ3v) is 2.96. The first-order valence-electron chi connectivity index (χ1n) is 6.51. The van der Waals surface area contributed by atoms with E-state index in [1.165, 1.54) is 6.20 Å². The van der Waals surface area contributed by atoms with E-state index in [1.54, 1.807) is 24.3 Å². The van der Waals surface area contributed by atoms with E-state index in [9.17, 15) is 14.4 Å². The highest BCUT2D eigenvalue weighted by atomic mass is 16.4. The molecule has 2 rings (SSSR count). The number of aliphatic carboxylic acids is 1. The van der Waals surface area contributed by atoms with Gasteiger partial charge in [0.15, 0.2) is 0 Å². The van der Waals surface area contributed by atoms with E-state index in [0.29, 0.717) is 11.0 Å². The van der Waals surface area contributed by atoms with Gasteiger partial charge < -0.3 is 16.2 Å². The van der Waals surface area contributed by atoms with Crippen LogP contribution in [0.15, 0.2) is 30.5 Å². The first-order chi connectivity index (χ1) is 10.5. The number of hydrogen-bond donors (Lipinski definition) is 3. The van der Waals surface area contributed by atoms with Crippen LogP contribution in [-0.2, 0) is 9.59 Å². The van der Waals surface area contributed by atoms with Crippen LogP contribution in [0.4, 0.5) is 0 Å². The van der Waals surface area contributed by atoms with Crippen LogP contribution >= 0.6 is 0 Å². The van der Waals surface area contributed by atoms with E-state index < -0.39 is 23.8 Å². The SMILES string of the molecule is NC(=O)CC[C@H](NC(=O)c1cnc2ccccc2n1)C(=O)O. The van der Waals surface area contributed by atoms with Gasteiger partial charge in [0.05, 0.1) is 17.2 Å². The fraction of sp³-hybridized carbons (Fsp3) is 0.214. The molecule has 0 radical (unpaired) electrons. The number of carboxylic acid groups (broad SMARTS) is 1. The lowest BCUT2D eigenvalue weighted by atomic mass is 10.1. The van der Waals surface area contributed by atoms with Gasteiger partial charge in [-0.25, -0.2) is 9.78 Å². The average molecular weight is 302 g/mol. The Labute approximate surface area is 125 Å². The Bertz CT molecular complexity index is 732. The van der Waals surface area contributed by atoms with Gasteiger partial charge in [-0.1, -0.05) is 12.1 Å². The van der Waals surface area contributed by atoms with Gasteiger partial charge >= 0.3 is 5.97 Å². The molecule has 1 aromatic carbocycles. The van der Waals surface area contributed by atoms with Gasteiger partial charge in [-0.2, -0.15) is 0 Å². The summed E-state index contributed by atoms with van der Waals surface area (Å²) in [5.74, 6) is -2.55. The van der Waals surface area contributed by atoms with E-state index in [4.69, 9.17) is 10.8 Å². The highest BCUT2D eigenvalue weighted by Crippen LogP contribution is 2.09. The lowest BCUT2D eigenvalue weighted by Gasteiger charge is -2.13. The van der Waals surface area contributed by atoms with E-state index in [0.717, 1.165) is 0 Å². The molecule has 0 spiro atoms. The summed E-state index contributed by atoms with van der Waals surface area (Å²) in [6.45, 7) is 0. The van der Waals surface area contributed by atoms with Crippen LogP contribution in [0.2, 0.25) is 0 Å². The summed E-state index contributed by atoms with van der Waals surface area (Å²) in [5, 5.41) is 11.4. The van der Waals surface area contributed by atoms with Crippen LogP contribution in [0.1, 0.15) is 23.3 Å². The number of hydrogen-bond acceptors (Lipinski definition) is 5. The van der Waals surface area contributed by atoms with Gasteiger partial charge in [0.2, 0.25) is 5.91 Å². The molecule has 4 N–H and O–H groups in total. The van der Waals surface area contributed by atoms with E-state index in [2.05, 4.69) is 15.3 Å². The number of para-hydroxylation sites is 2. The predicted molar refractivity (Wildman–Crippen MR) is 76.9 cm³/mol. The lowest BCUT2D eigenvalue weighted by molar-refractivity contribution is -0.139. The minimum atomic E-state index is -1.25. The summed E-state index contributed by atoms with van der Waals surface area (Å²) in [6.07, 6.45) is 1.04. The summed E-state index contributed by atoms with van der Waals surface area (Å²) in [5.41, 5.74) is 6.14. The second-order valence-electron chi connectivity index (χ2n) is 4.61. The fourth-order valence-electron chi connectivity index (χ4n) is 1.84. The lowest BCUT2D eigenvalue weighted by Crippen LogP contribution is -2.41. The molecule has 8 heteroatoms. The molecule has 0 bridgehead atoms. The van der Waals surface area contributed by atoms with Crippen molar-refractivity contribution in [1.29, 1.82) is 0 Å². The zero-order valence-corrected chi connectivity index (χ0v) is 11.5. The van der Waals surface area contributed by atoms with Crippen LogP contribution in [0.3, 0.4) is 0 Å². The van der Waals surface area contributed by atoms with Crippen LogP contribution in [0.5, 0.6) is 0 Å². The molecular weight excluding hydrogens is 288 g/mol. The van der Waals surface area contributed by atoms with Crippen molar-refractivity contribution in [3.05, 3.63) is 36.2 Å². The number of nitrogens with zero attached hydrogens (tertiary/aromatic N) is 2. The van der Waals surface area contributed by atoms with Crippen molar-refractivity contribution in [2.24, 2.45) is 5.73 Å². The Kier molecular flexibility index (Phi) is 4.62. The van der Waals surface area contributed by atoms with Gasteiger partial charge in [-0.3, -0.25) is 14.6 Å². The second kappa shape index (κ2) is 6.61. The molecule has 1 aromatic heterocycles. The van der Waals surface area contributed by atoms with E-state index in [1.807, 2.05) is 0 Å². The molecule has 0 aliphatic heterocycles. The molecule has 0 aliphatic rings. The molecule has 2 aromatic rings. The number of nitrogens with two attached hydrogens (primary N) is 1. The van der Waals surface area contributed by atoms with Crippen molar-refractivity contribution in [2.45, 2.75) is 18.9 Å². The summed E-state index contributed by atoms with van der Waals surface area (Å²) in [6, 6.07) is 5.78. The third kappa shape index (κ3) is 3.75. The fourth-order valence-corrected chi connectivity index (χ4v) is 1.84. The minimum absolute atomic E-state index is 0.00373. The summed E-state index contributed by atoms with van der Waals surface area (Å²) < 4.78 is 0. The maximum absolute atomic E-state index is 12.1. The number of primary amides is 1. The van der Waals surface area contributed by atoms with E-state index >= 15 is 0 Å². The number of aromatic nitrogens is 2. The molecule has 22 heavy (non-hydrogen) atoms. The summed E-state index contributed by atoms with van der Waals surface area (Å²) in [7, 11) is 0. The Hall–Kier alpha value is -3.03. The zero-order valence-electron chi connectivity index (χ0n) is 11.5. The monoisotopic (exact) mass is 302 g/mol. The highest BCUT2D eigenvalue weighted by molar-refractivity contribution is 5.96. The average Bonchev–Trinajstić information content (AvgIpc) is 2.50. The number of benzene rings is 1. The predicted octanol–water partition coefficient (Wildman–Crippen LogP) is 0.0783. The number of rotatable bonds is 6. The summed E-state index contributed by atoms with van der Waals surface area (Å²) in [4.78, 5) is 42.1. The Balaban J connectivity index is 2.14. The minimum Gasteiger partial charge on any atom is -0.480 e. The topological polar surface area (TPSA) is 135 Å². The van der Waals surface area contributed by atoms with Crippen LogP contribution in [0, 0.1) is 0 Å². The standard InChI is InChI=1S/C14H14N4O4/c15-12(19)6-5-10(14(21)22)18-13(20)11-7-16-8-3-1-2-4-9(8)17-11/h1-4,7,10H,5-6H2,(H2,15,19)(H,18,20)(H,21,22)/t10-/m0/s1. The highest BCUT2D eigenvalue weighted by Gasteiger charge is 2.22. The van der Waals surface area contributed by atoms with Gasteiger partial charge in [0, 0.05) is 6.42 Å². The largest absolute Gasteiger partial charge is 0.480 e. The van der Waals surface area contributed by atoms with Gasteiger partial charge in [-0.05, 0) is 18.6 Å². The first kappa shape index (κ1) is 15.4. The second-order valence-corrected chi connectivity index (χ2v) is 4.61. The van der Waals surface area contributed by atoms with Crippen molar-refractivity contribution in [3.8, 4) is 0 Å². The van der Waals surface area contributed by atoms with Crippen LogP contribution in [-0.4, -0.2) is 38.9 Å². The number of amides is 2. The molecule has 1 heterocycles. The smallest absolute Gasteiger partial charge is 0.326 e. The Morgan fingerprint density at radius 2 is 1.91 bits per heavy atom. The molecular formula is C14H14N4O4. The number of carbonyl (C=O) groups excluding carboxylic acids is 2. The Morgan fingerprint density at radius 3 is 2.55 bits per heavy atom. The molecule has 1 atom stereocenters. The first-order valence-corrected chi connectivity index (χ1v) is 6.51. The maximum Gasteiger partial charge on any atom is 0.326 e. The van der Waals surface area contributed by atoms with E-state index in [-0.39, 0.29) is 18.5 Å². The Morgan fingerprint density at radius 1 is 1.23 bits per heavy atom. The van der Waals surface area contributed by atoms with Crippen molar-refractivity contribution in [2.75, 3.05) is 0 Å². The van der Waals surface area contributed by atoms with Gasteiger partial charge in [0.1, 0.15) is 11.7 Å². The molecule has 0 aliphatic carbocycles. The third-order valence-electron chi connectivity index (χ3n) is 2.96. The van der Waals surface area contributed by atoms with Crippen molar-refractivity contribution in [3.63, 3.8) is 0 Å². The molecule has 0 unspecified atom stereocenters. The number of nitrogens with one attached hydrogen (secondary N) is 1. The number of carbonyl (C=O) groups is 3. The zero-order chi connectivity index (χ0) is 16.1. The van der Waals surface area contributed by atoms with Crippen molar-refractivity contribution in [1.82, 2.24) is 15.3 Å². The quantitative estimate of drug-likeness (QED) is 0.691. The van der Waals surface area contributed by atoms with Gasteiger partial charge in [-0.15, -0.1) is 0 Å². The molecule has 0 fully saturated rings. The van der Waals surface area contributed by atoms with Crippen LogP contribution in [0.25, 0.3) is 11.0 Å². The number of fused-ring (bicyclic) bond motifs is 1. The summed E-state index contributed by atoms with van der Waals surface area (Å²) >= 11 is 0. The molecule has 114 valence electrons.